The highest BCUT2D eigenvalue weighted by molar-refractivity contribution is 4.83. The average molecular weight is 209 g/mol. The second-order valence-corrected chi connectivity index (χ2v) is 5.88. The third-order valence-electron chi connectivity index (χ3n) is 4.88. The number of hydrogen-bond acceptors (Lipinski definition) is 1. The van der Waals surface area contributed by atoms with Gasteiger partial charge in [-0.3, -0.25) is 0 Å². The number of rotatable bonds is 2. The highest BCUT2D eigenvalue weighted by atomic mass is 14.6. The van der Waals surface area contributed by atoms with Crippen LogP contribution in [-0.4, -0.2) is 6.04 Å². The van der Waals surface area contributed by atoms with Gasteiger partial charge >= 0.3 is 0 Å². The molecule has 0 heterocycles. The summed E-state index contributed by atoms with van der Waals surface area (Å²) in [4.78, 5) is 0. The van der Waals surface area contributed by atoms with Gasteiger partial charge in [-0.25, -0.2) is 0 Å². The number of nitrogens with two attached hydrogens (primary N) is 1. The van der Waals surface area contributed by atoms with Crippen molar-refractivity contribution in [3.05, 3.63) is 0 Å². The molecule has 2 unspecified atom stereocenters. The Morgan fingerprint density at radius 1 is 0.933 bits per heavy atom. The highest BCUT2D eigenvalue weighted by Gasteiger charge is 2.29. The van der Waals surface area contributed by atoms with E-state index >= 15 is 0 Å². The van der Waals surface area contributed by atoms with Crippen molar-refractivity contribution in [1.82, 2.24) is 0 Å². The maximum Gasteiger partial charge on any atom is 0.00390 e. The molecule has 0 amide bonds. The summed E-state index contributed by atoms with van der Waals surface area (Å²) in [7, 11) is 0. The summed E-state index contributed by atoms with van der Waals surface area (Å²) in [6, 6.07) is 0.520. The Morgan fingerprint density at radius 2 is 1.67 bits per heavy atom. The fourth-order valence-electron chi connectivity index (χ4n) is 3.75. The van der Waals surface area contributed by atoms with Crippen LogP contribution in [0.25, 0.3) is 0 Å². The van der Waals surface area contributed by atoms with Crippen molar-refractivity contribution in [2.45, 2.75) is 70.8 Å². The molecule has 15 heavy (non-hydrogen) atoms. The molecule has 0 aromatic carbocycles. The molecule has 2 atom stereocenters. The Morgan fingerprint density at radius 3 is 2.33 bits per heavy atom. The van der Waals surface area contributed by atoms with Crippen molar-refractivity contribution in [3.8, 4) is 0 Å². The van der Waals surface area contributed by atoms with E-state index < -0.39 is 0 Å². The van der Waals surface area contributed by atoms with E-state index in [2.05, 4.69) is 6.92 Å². The normalized spacial score (nSPS) is 42.8. The SMILES string of the molecule is CCC1CCCC(C2CCC(N)CC2)C1. The van der Waals surface area contributed by atoms with E-state index in [1.165, 1.54) is 57.8 Å². The molecular weight excluding hydrogens is 182 g/mol. The van der Waals surface area contributed by atoms with E-state index in [4.69, 9.17) is 5.73 Å². The van der Waals surface area contributed by atoms with Gasteiger partial charge in [-0.15, -0.1) is 0 Å². The smallest absolute Gasteiger partial charge is 0.00390 e. The van der Waals surface area contributed by atoms with Crippen LogP contribution in [0.4, 0.5) is 0 Å². The largest absolute Gasteiger partial charge is 0.328 e. The summed E-state index contributed by atoms with van der Waals surface area (Å²) in [6.45, 7) is 2.36. The van der Waals surface area contributed by atoms with E-state index in [1.54, 1.807) is 0 Å². The van der Waals surface area contributed by atoms with E-state index in [1.807, 2.05) is 0 Å². The van der Waals surface area contributed by atoms with Crippen LogP contribution in [0, 0.1) is 17.8 Å². The molecule has 0 saturated heterocycles. The summed E-state index contributed by atoms with van der Waals surface area (Å²) in [6.07, 6.45) is 12.8. The molecule has 0 aromatic heterocycles. The zero-order valence-electron chi connectivity index (χ0n) is 10.3. The van der Waals surface area contributed by atoms with Crippen molar-refractivity contribution in [2.75, 3.05) is 0 Å². The topological polar surface area (TPSA) is 26.0 Å². The van der Waals surface area contributed by atoms with Crippen molar-refractivity contribution in [3.63, 3.8) is 0 Å². The first-order chi connectivity index (χ1) is 7.29. The molecule has 0 radical (unpaired) electrons. The zero-order chi connectivity index (χ0) is 10.7. The highest BCUT2D eigenvalue weighted by Crippen LogP contribution is 2.40. The minimum absolute atomic E-state index is 0.520. The lowest BCUT2D eigenvalue weighted by Gasteiger charge is -2.37. The van der Waals surface area contributed by atoms with Crippen LogP contribution in [0.15, 0.2) is 0 Å². The molecule has 2 fully saturated rings. The van der Waals surface area contributed by atoms with Crippen molar-refractivity contribution in [1.29, 1.82) is 0 Å². The van der Waals surface area contributed by atoms with Gasteiger partial charge in [0.25, 0.3) is 0 Å². The van der Waals surface area contributed by atoms with Crippen LogP contribution in [0.2, 0.25) is 0 Å². The first-order valence-electron chi connectivity index (χ1n) is 7.05. The molecule has 1 nitrogen and oxygen atoms in total. The van der Waals surface area contributed by atoms with Crippen molar-refractivity contribution in [2.24, 2.45) is 23.5 Å². The summed E-state index contributed by atoms with van der Waals surface area (Å²) in [5.74, 6) is 3.12. The van der Waals surface area contributed by atoms with Crippen LogP contribution in [0.3, 0.4) is 0 Å². The maximum absolute atomic E-state index is 5.98. The molecule has 0 aliphatic heterocycles. The third-order valence-corrected chi connectivity index (χ3v) is 4.88. The first-order valence-corrected chi connectivity index (χ1v) is 7.05. The molecule has 2 rings (SSSR count). The minimum atomic E-state index is 0.520. The Balaban J connectivity index is 1.82. The van der Waals surface area contributed by atoms with Crippen LogP contribution >= 0.6 is 0 Å². The van der Waals surface area contributed by atoms with Gasteiger partial charge in [0.15, 0.2) is 0 Å². The molecule has 2 aliphatic carbocycles. The number of hydrogen-bond donors (Lipinski definition) is 1. The molecule has 88 valence electrons. The second kappa shape index (κ2) is 5.34. The summed E-state index contributed by atoms with van der Waals surface area (Å²) in [5, 5.41) is 0. The Labute approximate surface area is 94.8 Å². The summed E-state index contributed by atoms with van der Waals surface area (Å²) < 4.78 is 0. The van der Waals surface area contributed by atoms with Gasteiger partial charge < -0.3 is 5.73 Å². The average Bonchev–Trinajstić information content (AvgIpc) is 2.30. The van der Waals surface area contributed by atoms with Crippen LogP contribution in [0.5, 0.6) is 0 Å². The summed E-state index contributed by atoms with van der Waals surface area (Å²) >= 11 is 0. The van der Waals surface area contributed by atoms with Gasteiger partial charge in [-0.05, 0) is 49.9 Å². The molecule has 1 heteroatoms. The Kier molecular flexibility index (Phi) is 4.07. The lowest BCUT2D eigenvalue weighted by Crippen LogP contribution is -2.31. The maximum atomic E-state index is 5.98. The van der Waals surface area contributed by atoms with Gasteiger partial charge in [-0.1, -0.05) is 32.6 Å². The molecule has 2 saturated carbocycles. The van der Waals surface area contributed by atoms with Crippen molar-refractivity contribution >= 4 is 0 Å². The molecule has 0 spiro atoms. The molecule has 2 aliphatic rings. The van der Waals surface area contributed by atoms with Gasteiger partial charge in [0.05, 0.1) is 0 Å². The predicted molar refractivity (Wildman–Crippen MR) is 65.7 cm³/mol. The fourth-order valence-corrected chi connectivity index (χ4v) is 3.75. The molecule has 2 N–H and O–H groups in total. The van der Waals surface area contributed by atoms with Crippen LogP contribution in [0.1, 0.15) is 64.7 Å². The molecule has 0 bridgehead atoms. The minimum Gasteiger partial charge on any atom is -0.328 e. The lowest BCUT2D eigenvalue weighted by atomic mass is 9.69. The van der Waals surface area contributed by atoms with Crippen molar-refractivity contribution < 1.29 is 0 Å². The standard InChI is InChI=1S/C14H27N/c1-2-11-4-3-5-13(10-11)12-6-8-14(15)9-7-12/h11-14H,2-10,15H2,1H3. The van der Waals surface area contributed by atoms with E-state index in [-0.39, 0.29) is 0 Å². The quantitative estimate of drug-likeness (QED) is 0.737. The summed E-state index contributed by atoms with van der Waals surface area (Å²) in [5.41, 5.74) is 5.98. The first kappa shape index (κ1) is 11.4. The molecule has 0 aromatic rings. The fraction of sp³-hybridized carbons (Fsp3) is 1.00. The Hall–Kier alpha value is -0.0400. The van der Waals surface area contributed by atoms with Gasteiger partial charge in [-0.2, -0.15) is 0 Å². The van der Waals surface area contributed by atoms with Gasteiger partial charge in [0, 0.05) is 6.04 Å². The van der Waals surface area contributed by atoms with Gasteiger partial charge in [0.2, 0.25) is 0 Å². The van der Waals surface area contributed by atoms with Crippen LogP contribution < -0.4 is 5.73 Å². The van der Waals surface area contributed by atoms with Crippen LogP contribution in [-0.2, 0) is 0 Å². The third kappa shape index (κ3) is 2.96. The molecular formula is C14H27N. The predicted octanol–water partition coefficient (Wildman–Crippen LogP) is 3.72. The van der Waals surface area contributed by atoms with Gasteiger partial charge in [0.1, 0.15) is 0 Å². The second-order valence-electron chi connectivity index (χ2n) is 5.88. The van der Waals surface area contributed by atoms with E-state index in [0.29, 0.717) is 6.04 Å². The lowest BCUT2D eigenvalue weighted by molar-refractivity contribution is 0.151. The zero-order valence-corrected chi connectivity index (χ0v) is 10.3. The monoisotopic (exact) mass is 209 g/mol. The van der Waals surface area contributed by atoms with E-state index in [0.717, 1.165) is 17.8 Å². The van der Waals surface area contributed by atoms with E-state index in [9.17, 15) is 0 Å². The Bertz CT molecular complexity index is 182.